The number of nitrogens with zero attached hydrogens (tertiary/aromatic N) is 1. The fourth-order valence-corrected chi connectivity index (χ4v) is 3.22. The molecule has 1 heterocycles. The molecular weight excluding hydrogens is 376 g/mol. The lowest BCUT2D eigenvalue weighted by atomic mass is 9.91. The molecule has 25 heavy (non-hydrogen) atoms. The number of hydrogen-bond acceptors (Lipinski definition) is 3. The fourth-order valence-electron chi connectivity index (χ4n) is 2.95. The van der Waals surface area contributed by atoms with Gasteiger partial charge in [-0.1, -0.05) is 46.3 Å². The molecule has 0 aromatic heterocycles. The summed E-state index contributed by atoms with van der Waals surface area (Å²) >= 11 is 3.49. The summed E-state index contributed by atoms with van der Waals surface area (Å²) in [6, 6.07) is 26.3. The average molecular weight is 393 g/mol. The summed E-state index contributed by atoms with van der Waals surface area (Å²) in [6.45, 7) is 0.819. The van der Waals surface area contributed by atoms with E-state index in [4.69, 9.17) is 4.74 Å². The van der Waals surface area contributed by atoms with E-state index in [-0.39, 0.29) is 5.92 Å². The normalized spacial score (nSPS) is 16.2. The Bertz CT molecular complexity index is 874. The largest absolute Gasteiger partial charge is 0.457 e. The van der Waals surface area contributed by atoms with Crippen LogP contribution < -0.4 is 10.2 Å². The van der Waals surface area contributed by atoms with Crippen LogP contribution in [-0.4, -0.2) is 12.3 Å². The lowest BCUT2D eigenvalue weighted by Gasteiger charge is -2.13. The van der Waals surface area contributed by atoms with E-state index >= 15 is 0 Å². The van der Waals surface area contributed by atoms with E-state index in [0.717, 1.165) is 33.8 Å². The molecule has 1 aliphatic rings. The Morgan fingerprint density at radius 1 is 0.840 bits per heavy atom. The predicted octanol–water partition coefficient (Wildman–Crippen LogP) is 5.33. The van der Waals surface area contributed by atoms with Crippen molar-refractivity contribution in [2.45, 2.75) is 5.92 Å². The summed E-state index contributed by atoms with van der Waals surface area (Å²) < 4.78 is 6.95. The molecule has 124 valence electrons. The number of nitrogens with one attached hydrogen (secondary N) is 1. The molecule has 0 fully saturated rings. The highest BCUT2D eigenvalue weighted by Gasteiger charge is 2.24. The monoisotopic (exact) mass is 392 g/mol. The lowest BCUT2D eigenvalue weighted by molar-refractivity contribution is 0.482. The quantitative estimate of drug-likeness (QED) is 0.650. The second kappa shape index (κ2) is 7.11. The van der Waals surface area contributed by atoms with Gasteiger partial charge in [0.25, 0.3) is 0 Å². The lowest BCUT2D eigenvalue weighted by Crippen LogP contribution is -2.14. The summed E-state index contributed by atoms with van der Waals surface area (Å²) in [5, 5.41) is 4.51. The first-order chi connectivity index (χ1) is 12.3. The summed E-state index contributed by atoms with van der Waals surface area (Å²) in [5.74, 6) is 1.92. The van der Waals surface area contributed by atoms with Crippen LogP contribution in [0.3, 0.4) is 0 Å². The highest BCUT2D eigenvalue weighted by atomic mass is 79.9. The first-order valence-corrected chi connectivity index (χ1v) is 8.98. The van der Waals surface area contributed by atoms with Gasteiger partial charge in [-0.2, -0.15) is 5.10 Å². The van der Waals surface area contributed by atoms with Crippen molar-refractivity contribution in [3.63, 3.8) is 0 Å². The van der Waals surface area contributed by atoms with Crippen LogP contribution in [0.4, 0.5) is 0 Å². The standard InChI is InChI=1S/C21H17BrN2O/c22-17-10-6-15(7-11-17)20-14-23-24-21(20)16-8-12-19(13-9-16)25-18-4-2-1-3-5-18/h1-13,20,23H,14H2. The van der Waals surface area contributed by atoms with Gasteiger partial charge in [0.2, 0.25) is 0 Å². The molecular formula is C21H17BrN2O. The molecule has 1 atom stereocenters. The minimum atomic E-state index is 0.258. The molecule has 0 aliphatic carbocycles. The number of benzene rings is 3. The van der Waals surface area contributed by atoms with Gasteiger partial charge in [-0.15, -0.1) is 0 Å². The molecule has 0 bridgehead atoms. The maximum absolute atomic E-state index is 5.86. The third-order valence-electron chi connectivity index (χ3n) is 4.23. The Morgan fingerprint density at radius 2 is 1.52 bits per heavy atom. The molecule has 0 spiro atoms. The minimum absolute atomic E-state index is 0.258. The fraction of sp³-hybridized carbons (Fsp3) is 0.0952. The van der Waals surface area contributed by atoms with Crippen LogP contribution in [0, 0.1) is 0 Å². The van der Waals surface area contributed by atoms with Crippen molar-refractivity contribution in [3.8, 4) is 11.5 Å². The maximum Gasteiger partial charge on any atom is 0.127 e. The van der Waals surface area contributed by atoms with Crippen LogP contribution in [0.5, 0.6) is 11.5 Å². The number of ether oxygens (including phenoxy) is 1. The average Bonchev–Trinajstić information content (AvgIpc) is 3.14. The van der Waals surface area contributed by atoms with E-state index in [9.17, 15) is 0 Å². The molecule has 3 nitrogen and oxygen atoms in total. The predicted molar refractivity (Wildman–Crippen MR) is 104 cm³/mol. The van der Waals surface area contributed by atoms with E-state index in [1.807, 2.05) is 42.5 Å². The van der Waals surface area contributed by atoms with Gasteiger partial charge in [0.15, 0.2) is 0 Å². The SMILES string of the molecule is Brc1ccc(C2CNN=C2c2ccc(Oc3ccccc3)cc2)cc1. The highest BCUT2D eigenvalue weighted by Crippen LogP contribution is 2.28. The molecule has 4 rings (SSSR count). The first-order valence-electron chi connectivity index (χ1n) is 8.19. The zero-order chi connectivity index (χ0) is 17.1. The third kappa shape index (κ3) is 3.59. The zero-order valence-electron chi connectivity index (χ0n) is 13.5. The van der Waals surface area contributed by atoms with Crippen molar-refractivity contribution in [1.82, 2.24) is 5.43 Å². The van der Waals surface area contributed by atoms with E-state index in [1.54, 1.807) is 0 Å². The Labute approximate surface area is 155 Å². The number of para-hydroxylation sites is 1. The van der Waals surface area contributed by atoms with Gasteiger partial charge < -0.3 is 10.2 Å². The Hall–Kier alpha value is -2.59. The summed E-state index contributed by atoms with van der Waals surface area (Å²) in [4.78, 5) is 0. The number of hydrogen-bond donors (Lipinski definition) is 1. The number of rotatable bonds is 4. The Morgan fingerprint density at radius 3 is 2.24 bits per heavy atom. The molecule has 3 aromatic carbocycles. The Kier molecular flexibility index (Phi) is 4.53. The number of halogens is 1. The molecule has 1 aliphatic heterocycles. The smallest absolute Gasteiger partial charge is 0.127 e. The van der Waals surface area contributed by atoms with Crippen molar-refractivity contribution < 1.29 is 4.74 Å². The van der Waals surface area contributed by atoms with E-state index in [0.29, 0.717) is 0 Å². The molecule has 3 aromatic rings. The molecule has 0 saturated heterocycles. The van der Waals surface area contributed by atoms with Crippen molar-refractivity contribution in [2.75, 3.05) is 6.54 Å². The van der Waals surface area contributed by atoms with Crippen molar-refractivity contribution in [1.29, 1.82) is 0 Å². The van der Waals surface area contributed by atoms with E-state index in [2.05, 4.69) is 62.9 Å². The summed E-state index contributed by atoms with van der Waals surface area (Å²) in [6.07, 6.45) is 0. The molecule has 0 radical (unpaired) electrons. The van der Waals surface area contributed by atoms with Gasteiger partial charge in [-0.25, -0.2) is 0 Å². The molecule has 1 unspecified atom stereocenters. The van der Waals surface area contributed by atoms with Gasteiger partial charge in [-0.3, -0.25) is 0 Å². The van der Waals surface area contributed by atoms with Gasteiger partial charge in [0.1, 0.15) is 11.5 Å². The summed E-state index contributed by atoms with van der Waals surface area (Å²) in [5.41, 5.74) is 6.57. The van der Waals surface area contributed by atoms with Crippen LogP contribution >= 0.6 is 15.9 Å². The Balaban J connectivity index is 1.54. The topological polar surface area (TPSA) is 33.6 Å². The molecule has 0 saturated carbocycles. The van der Waals surface area contributed by atoms with Gasteiger partial charge in [0.05, 0.1) is 5.71 Å². The van der Waals surface area contributed by atoms with E-state index < -0.39 is 0 Å². The van der Waals surface area contributed by atoms with Gasteiger partial charge >= 0.3 is 0 Å². The van der Waals surface area contributed by atoms with Crippen LogP contribution in [0.25, 0.3) is 0 Å². The zero-order valence-corrected chi connectivity index (χ0v) is 15.1. The molecule has 1 N–H and O–H groups in total. The second-order valence-electron chi connectivity index (χ2n) is 5.90. The van der Waals surface area contributed by atoms with Crippen molar-refractivity contribution in [2.24, 2.45) is 5.10 Å². The second-order valence-corrected chi connectivity index (χ2v) is 6.82. The van der Waals surface area contributed by atoms with Crippen molar-refractivity contribution in [3.05, 3.63) is 94.5 Å². The first kappa shape index (κ1) is 15.9. The van der Waals surface area contributed by atoms with Crippen LogP contribution in [0.1, 0.15) is 17.0 Å². The van der Waals surface area contributed by atoms with Crippen LogP contribution in [0.2, 0.25) is 0 Å². The summed E-state index contributed by atoms with van der Waals surface area (Å²) in [7, 11) is 0. The van der Waals surface area contributed by atoms with Gasteiger partial charge in [-0.05, 0) is 59.7 Å². The maximum atomic E-state index is 5.86. The number of hydrazone groups is 1. The van der Waals surface area contributed by atoms with E-state index in [1.165, 1.54) is 5.56 Å². The molecule has 0 amide bonds. The van der Waals surface area contributed by atoms with Crippen molar-refractivity contribution >= 4 is 21.6 Å². The minimum Gasteiger partial charge on any atom is -0.457 e. The molecule has 4 heteroatoms. The van der Waals surface area contributed by atoms with Crippen LogP contribution in [0.15, 0.2) is 88.4 Å². The van der Waals surface area contributed by atoms with Gasteiger partial charge in [0, 0.05) is 16.9 Å². The van der Waals surface area contributed by atoms with Crippen LogP contribution in [-0.2, 0) is 0 Å². The third-order valence-corrected chi connectivity index (χ3v) is 4.76. The highest BCUT2D eigenvalue weighted by molar-refractivity contribution is 9.10.